The van der Waals surface area contributed by atoms with Gasteiger partial charge in [0, 0.05) is 12.1 Å². The Morgan fingerprint density at radius 1 is 1.50 bits per heavy atom. The molecule has 0 aromatic heterocycles. The van der Waals surface area contributed by atoms with Crippen LogP contribution in [0.25, 0.3) is 0 Å². The number of nitrogens with zero attached hydrogens (tertiary/aromatic N) is 1. The van der Waals surface area contributed by atoms with Gasteiger partial charge in [0.05, 0.1) is 6.54 Å². The van der Waals surface area contributed by atoms with Gasteiger partial charge in [-0.3, -0.25) is 9.69 Å². The van der Waals surface area contributed by atoms with Crippen molar-refractivity contribution >= 4 is 5.91 Å². The molecule has 1 unspecified atom stereocenters. The molecule has 94 valence electrons. The Labute approximate surface area is 99.6 Å². The Morgan fingerprint density at radius 2 is 2.19 bits per heavy atom. The van der Waals surface area contributed by atoms with Gasteiger partial charge in [0.25, 0.3) is 0 Å². The molecular weight excluding hydrogens is 200 g/mol. The summed E-state index contributed by atoms with van der Waals surface area (Å²) in [5.74, 6) is 0.904. The predicted octanol–water partition coefficient (Wildman–Crippen LogP) is 2.02. The van der Waals surface area contributed by atoms with Crippen molar-refractivity contribution in [3.05, 3.63) is 0 Å². The van der Waals surface area contributed by atoms with E-state index in [4.69, 9.17) is 0 Å². The Bertz CT molecular complexity index is 238. The summed E-state index contributed by atoms with van der Waals surface area (Å²) in [7, 11) is 0. The van der Waals surface area contributed by atoms with E-state index in [0.29, 0.717) is 6.54 Å². The van der Waals surface area contributed by atoms with E-state index in [1.165, 1.54) is 12.8 Å². The van der Waals surface area contributed by atoms with E-state index in [1.54, 1.807) is 0 Å². The lowest BCUT2D eigenvalue weighted by Crippen LogP contribution is -2.48. The molecule has 0 radical (unpaired) electrons. The number of carbonyl (C=O) groups excluding carboxylic acids is 1. The first-order valence-electron chi connectivity index (χ1n) is 6.46. The van der Waals surface area contributed by atoms with Crippen LogP contribution in [-0.2, 0) is 4.79 Å². The van der Waals surface area contributed by atoms with Gasteiger partial charge in [0.1, 0.15) is 0 Å². The first-order chi connectivity index (χ1) is 7.43. The molecule has 0 aliphatic carbocycles. The summed E-state index contributed by atoms with van der Waals surface area (Å²) in [5.41, 5.74) is -0.0709. The molecule has 0 bridgehead atoms. The lowest BCUT2D eigenvalue weighted by molar-refractivity contribution is -0.124. The average molecular weight is 226 g/mol. The fraction of sp³-hybridized carbons (Fsp3) is 0.923. The van der Waals surface area contributed by atoms with E-state index < -0.39 is 0 Å². The van der Waals surface area contributed by atoms with Crippen molar-refractivity contribution in [2.75, 3.05) is 19.6 Å². The predicted molar refractivity (Wildman–Crippen MR) is 67.4 cm³/mol. The van der Waals surface area contributed by atoms with Gasteiger partial charge in [-0.1, -0.05) is 13.8 Å². The minimum Gasteiger partial charge on any atom is -0.350 e. The summed E-state index contributed by atoms with van der Waals surface area (Å²) in [5, 5.41) is 3.09. The molecule has 3 nitrogen and oxygen atoms in total. The highest BCUT2D eigenvalue weighted by Crippen LogP contribution is 2.15. The third kappa shape index (κ3) is 4.52. The maximum atomic E-state index is 11.8. The minimum absolute atomic E-state index is 0.0709. The number of carbonyl (C=O) groups is 1. The smallest absolute Gasteiger partial charge is 0.234 e. The number of hydrogen-bond acceptors (Lipinski definition) is 2. The highest BCUT2D eigenvalue weighted by Gasteiger charge is 2.22. The van der Waals surface area contributed by atoms with Crippen LogP contribution in [0.5, 0.6) is 0 Å². The lowest BCUT2D eigenvalue weighted by Gasteiger charge is -2.32. The van der Waals surface area contributed by atoms with Crippen LogP contribution in [0.2, 0.25) is 0 Å². The molecule has 1 fully saturated rings. The molecule has 1 aliphatic rings. The zero-order chi connectivity index (χ0) is 12.2. The van der Waals surface area contributed by atoms with Crippen LogP contribution in [0.1, 0.15) is 47.0 Å². The van der Waals surface area contributed by atoms with Crippen molar-refractivity contribution in [1.29, 1.82) is 0 Å². The monoisotopic (exact) mass is 226 g/mol. The fourth-order valence-corrected chi connectivity index (χ4v) is 2.14. The van der Waals surface area contributed by atoms with Crippen molar-refractivity contribution in [3.8, 4) is 0 Å². The maximum absolute atomic E-state index is 11.8. The molecule has 0 aromatic rings. The van der Waals surface area contributed by atoms with E-state index in [-0.39, 0.29) is 11.4 Å². The summed E-state index contributed by atoms with van der Waals surface area (Å²) < 4.78 is 0. The van der Waals surface area contributed by atoms with Crippen LogP contribution < -0.4 is 5.32 Å². The fourth-order valence-electron chi connectivity index (χ4n) is 2.14. The maximum Gasteiger partial charge on any atom is 0.234 e. The van der Waals surface area contributed by atoms with Crippen LogP contribution in [0.15, 0.2) is 0 Å². The van der Waals surface area contributed by atoms with Crippen LogP contribution in [0.3, 0.4) is 0 Å². The molecule has 1 saturated heterocycles. The van der Waals surface area contributed by atoms with E-state index in [0.717, 1.165) is 25.4 Å². The van der Waals surface area contributed by atoms with Crippen molar-refractivity contribution < 1.29 is 4.79 Å². The molecule has 0 spiro atoms. The molecule has 1 amide bonds. The quantitative estimate of drug-likeness (QED) is 0.795. The van der Waals surface area contributed by atoms with Gasteiger partial charge in [0.15, 0.2) is 0 Å². The second kappa shape index (κ2) is 5.67. The topological polar surface area (TPSA) is 32.3 Å². The normalized spacial score (nSPS) is 23.1. The molecule has 1 aliphatic heterocycles. The van der Waals surface area contributed by atoms with Crippen molar-refractivity contribution in [2.24, 2.45) is 5.92 Å². The summed E-state index contributed by atoms with van der Waals surface area (Å²) in [4.78, 5) is 14.1. The highest BCUT2D eigenvalue weighted by atomic mass is 16.2. The lowest BCUT2D eigenvalue weighted by atomic mass is 10.00. The SMILES string of the molecule is CCC(C)(C)NC(=O)CN1CCCC(C)C1. The molecule has 1 rings (SSSR count). The van der Waals surface area contributed by atoms with Crippen LogP contribution in [-0.4, -0.2) is 36.0 Å². The van der Waals surface area contributed by atoms with E-state index in [9.17, 15) is 4.79 Å². The number of hydrogen-bond donors (Lipinski definition) is 1. The van der Waals surface area contributed by atoms with Crippen molar-refractivity contribution in [1.82, 2.24) is 10.2 Å². The highest BCUT2D eigenvalue weighted by molar-refractivity contribution is 5.78. The number of likely N-dealkylation sites (tertiary alicyclic amines) is 1. The summed E-state index contributed by atoms with van der Waals surface area (Å²) >= 11 is 0. The second-order valence-electron chi connectivity index (χ2n) is 5.77. The summed E-state index contributed by atoms with van der Waals surface area (Å²) in [6, 6.07) is 0. The molecular formula is C13H26N2O. The number of amides is 1. The van der Waals surface area contributed by atoms with Gasteiger partial charge in [-0.2, -0.15) is 0 Å². The van der Waals surface area contributed by atoms with Gasteiger partial charge in [-0.05, 0) is 45.6 Å². The van der Waals surface area contributed by atoms with Crippen LogP contribution in [0.4, 0.5) is 0 Å². The van der Waals surface area contributed by atoms with E-state index in [1.807, 2.05) is 0 Å². The Kier molecular flexibility index (Phi) is 4.78. The molecule has 0 saturated carbocycles. The average Bonchev–Trinajstić information content (AvgIpc) is 2.16. The molecule has 1 atom stereocenters. The summed E-state index contributed by atoms with van der Waals surface area (Å²) in [6.07, 6.45) is 3.50. The van der Waals surface area contributed by atoms with Gasteiger partial charge in [-0.15, -0.1) is 0 Å². The number of piperidine rings is 1. The molecule has 1 N–H and O–H groups in total. The second-order valence-corrected chi connectivity index (χ2v) is 5.77. The zero-order valence-corrected chi connectivity index (χ0v) is 11.2. The molecule has 3 heteroatoms. The largest absolute Gasteiger partial charge is 0.350 e. The van der Waals surface area contributed by atoms with E-state index >= 15 is 0 Å². The van der Waals surface area contributed by atoms with Gasteiger partial charge in [0.2, 0.25) is 5.91 Å². The zero-order valence-electron chi connectivity index (χ0n) is 11.2. The van der Waals surface area contributed by atoms with Crippen LogP contribution in [0, 0.1) is 5.92 Å². The third-order valence-corrected chi connectivity index (χ3v) is 3.47. The van der Waals surface area contributed by atoms with Crippen molar-refractivity contribution in [2.45, 2.75) is 52.5 Å². The van der Waals surface area contributed by atoms with Gasteiger partial charge >= 0.3 is 0 Å². The standard InChI is InChI=1S/C13H26N2O/c1-5-13(3,4)14-12(16)10-15-8-6-7-11(2)9-15/h11H,5-10H2,1-4H3,(H,14,16). The first-order valence-corrected chi connectivity index (χ1v) is 6.46. The molecule has 0 aromatic carbocycles. The minimum atomic E-state index is -0.0709. The van der Waals surface area contributed by atoms with Gasteiger partial charge in [-0.25, -0.2) is 0 Å². The Morgan fingerprint density at radius 3 is 2.75 bits per heavy atom. The summed E-state index contributed by atoms with van der Waals surface area (Å²) in [6.45, 7) is 11.2. The Hall–Kier alpha value is -0.570. The number of nitrogens with one attached hydrogen (secondary N) is 1. The van der Waals surface area contributed by atoms with Gasteiger partial charge < -0.3 is 5.32 Å². The van der Waals surface area contributed by atoms with E-state index in [2.05, 4.69) is 37.9 Å². The Balaban J connectivity index is 2.33. The molecule has 16 heavy (non-hydrogen) atoms. The third-order valence-electron chi connectivity index (χ3n) is 3.47. The number of rotatable bonds is 4. The van der Waals surface area contributed by atoms with Crippen LogP contribution >= 0.6 is 0 Å². The van der Waals surface area contributed by atoms with Crippen molar-refractivity contribution in [3.63, 3.8) is 0 Å². The first kappa shape index (κ1) is 13.5. The molecule has 1 heterocycles.